The molecule has 0 aliphatic carbocycles. The molecule has 1 fully saturated rings. The third-order valence-corrected chi connectivity index (χ3v) is 4.40. The fourth-order valence-corrected chi connectivity index (χ4v) is 2.97. The normalized spacial score (nSPS) is 16.3. The van der Waals surface area contributed by atoms with E-state index in [0.29, 0.717) is 10.6 Å². The summed E-state index contributed by atoms with van der Waals surface area (Å²) in [5, 5.41) is 11.1. The Morgan fingerprint density at radius 1 is 1.23 bits per heavy atom. The summed E-state index contributed by atoms with van der Waals surface area (Å²) in [6.45, 7) is 0. The van der Waals surface area contributed by atoms with Gasteiger partial charge in [0.05, 0.1) is 11.3 Å². The van der Waals surface area contributed by atoms with Crippen LogP contribution in [0.2, 0.25) is 0 Å². The van der Waals surface area contributed by atoms with Crippen LogP contribution in [0.1, 0.15) is 20.8 Å². The number of carboxylic acids is 1. The Labute approximate surface area is 148 Å². The van der Waals surface area contributed by atoms with Gasteiger partial charge in [-0.1, -0.05) is 6.07 Å². The molecule has 2 heterocycles. The number of thiophene rings is 1. The second-order valence-corrected chi connectivity index (χ2v) is 6.15. The van der Waals surface area contributed by atoms with Crippen molar-refractivity contribution in [2.24, 2.45) is 0 Å². The highest BCUT2D eigenvalue weighted by atomic mass is 32.1. The van der Waals surface area contributed by atoms with Gasteiger partial charge >= 0.3 is 12.1 Å². The molecular formula is C16H9F3N2O4S. The standard InChI is InChI=1S/C16H9F3N2O4S/c17-16(18,19)9-2-1-3-10(6-9)21-14(23)11(13(22)20-21)4-8-5-12(15(24)25)26-7-8/h1-7H,(H,20,22)(H,24,25). The zero-order chi connectivity index (χ0) is 19.1. The van der Waals surface area contributed by atoms with E-state index in [9.17, 15) is 27.6 Å². The van der Waals surface area contributed by atoms with E-state index >= 15 is 0 Å². The molecule has 0 bridgehead atoms. The van der Waals surface area contributed by atoms with Crippen molar-refractivity contribution in [3.63, 3.8) is 0 Å². The number of carboxylic acid groups (broad SMARTS) is 1. The molecule has 1 aliphatic rings. The van der Waals surface area contributed by atoms with Crippen molar-refractivity contribution in [3.05, 3.63) is 57.3 Å². The molecule has 134 valence electrons. The highest BCUT2D eigenvalue weighted by Gasteiger charge is 2.36. The molecule has 0 radical (unpaired) electrons. The van der Waals surface area contributed by atoms with Crippen molar-refractivity contribution in [2.75, 3.05) is 5.01 Å². The van der Waals surface area contributed by atoms with Crippen LogP contribution in [0.25, 0.3) is 6.08 Å². The number of hydrogen-bond acceptors (Lipinski definition) is 4. The monoisotopic (exact) mass is 382 g/mol. The van der Waals surface area contributed by atoms with Crippen LogP contribution in [-0.4, -0.2) is 22.9 Å². The van der Waals surface area contributed by atoms with Crippen LogP contribution < -0.4 is 10.4 Å². The largest absolute Gasteiger partial charge is 0.477 e. The second-order valence-electron chi connectivity index (χ2n) is 5.24. The van der Waals surface area contributed by atoms with Crippen molar-refractivity contribution >= 4 is 40.9 Å². The number of carbonyl (C=O) groups excluding carboxylic acids is 2. The molecule has 0 unspecified atom stereocenters. The summed E-state index contributed by atoms with van der Waals surface area (Å²) in [6.07, 6.45) is -3.40. The number of carbonyl (C=O) groups is 3. The molecule has 2 aromatic rings. The van der Waals surface area contributed by atoms with E-state index in [2.05, 4.69) is 5.43 Å². The van der Waals surface area contributed by atoms with Gasteiger partial charge in [0, 0.05) is 0 Å². The average molecular weight is 382 g/mol. The first-order valence-corrected chi connectivity index (χ1v) is 7.91. The number of hydrogen-bond donors (Lipinski definition) is 2. The molecule has 0 saturated carbocycles. The van der Waals surface area contributed by atoms with Crippen LogP contribution in [0.4, 0.5) is 18.9 Å². The zero-order valence-electron chi connectivity index (χ0n) is 12.7. The predicted octanol–water partition coefficient (Wildman–Crippen LogP) is 2.93. The Kier molecular flexibility index (Phi) is 4.28. The van der Waals surface area contributed by atoms with E-state index in [1.807, 2.05) is 0 Å². The van der Waals surface area contributed by atoms with Gasteiger partial charge in [-0.2, -0.15) is 13.2 Å². The van der Waals surface area contributed by atoms with Crippen LogP contribution in [-0.2, 0) is 15.8 Å². The van der Waals surface area contributed by atoms with E-state index in [1.54, 1.807) is 0 Å². The number of halogens is 3. The quantitative estimate of drug-likeness (QED) is 0.631. The summed E-state index contributed by atoms with van der Waals surface area (Å²) in [5.41, 5.74) is 1.12. The molecule has 1 aromatic heterocycles. The Hall–Kier alpha value is -3.14. The molecule has 26 heavy (non-hydrogen) atoms. The van der Waals surface area contributed by atoms with Gasteiger partial charge in [-0.15, -0.1) is 11.3 Å². The highest BCUT2D eigenvalue weighted by molar-refractivity contribution is 7.12. The van der Waals surface area contributed by atoms with Crippen molar-refractivity contribution < 1.29 is 32.7 Å². The van der Waals surface area contributed by atoms with Gasteiger partial charge in [-0.3, -0.25) is 15.0 Å². The van der Waals surface area contributed by atoms with Crippen LogP contribution in [0.15, 0.2) is 41.3 Å². The van der Waals surface area contributed by atoms with Gasteiger partial charge in [0.25, 0.3) is 11.8 Å². The van der Waals surface area contributed by atoms with Gasteiger partial charge in [0.2, 0.25) is 0 Å². The van der Waals surface area contributed by atoms with Crippen LogP contribution in [0, 0.1) is 0 Å². The molecular weight excluding hydrogens is 373 g/mol. The molecule has 0 spiro atoms. The first kappa shape index (κ1) is 17.7. The minimum absolute atomic E-state index is 0.0254. The Balaban J connectivity index is 1.92. The van der Waals surface area contributed by atoms with E-state index in [-0.39, 0.29) is 16.1 Å². The number of anilines is 1. The van der Waals surface area contributed by atoms with Crippen LogP contribution in [0.3, 0.4) is 0 Å². The fourth-order valence-electron chi connectivity index (χ4n) is 2.27. The minimum atomic E-state index is -4.59. The first-order chi connectivity index (χ1) is 12.2. The lowest BCUT2D eigenvalue weighted by molar-refractivity contribution is -0.137. The average Bonchev–Trinajstić information content (AvgIpc) is 3.15. The van der Waals surface area contributed by atoms with E-state index in [1.165, 1.54) is 23.6 Å². The van der Waals surface area contributed by atoms with E-state index < -0.39 is 29.5 Å². The van der Waals surface area contributed by atoms with Gasteiger partial charge in [0.15, 0.2) is 0 Å². The zero-order valence-corrected chi connectivity index (χ0v) is 13.5. The van der Waals surface area contributed by atoms with Crippen molar-refractivity contribution in [2.45, 2.75) is 6.18 Å². The van der Waals surface area contributed by atoms with Crippen molar-refractivity contribution in [3.8, 4) is 0 Å². The number of aromatic carboxylic acids is 1. The molecule has 2 N–H and O–H groups in total. The minimum Gasteiger partial charge on any atom is -0.477 e. The number of rotatable bonds is 3. The van der Waals surface area contributed by atoms with E-state index in [0.717, 1.165) is 29.5 Å². The Morgan fingerprint density at radius 3 is 2.58 bits per heavy atom. The maximum Gasteiger partial charge on any atom is 0.416 e. The van der Waals surface area contributed by atoms with Crippen molar-refractivity contribution in [1.82, 2.24) is 5.43 Å². The summed E-state index contributed by atoms with van der Waals surface area (Å²) >= 11 is 0.920. The predicted molar refractivity (Wildman–Crippen MR) is 86.3 cm³/mol. The molecule has 1 aliphatic heterocycles. The van der Waals surface area contributed by atoms with Crippen LogP contribution in [0.5, 0.6) is 0 Å². The molecule has 10 heteroatoms. The lowest BCUT2D eigenvalue weighted by atomic mass is 10.1. The first-order valence-electron chi connectivity index (χ1n) is 7.03. The SMILES string of the molecule is O=C1NN(c2cccc(C(F)(F)F)c2)C(=O)C1=Cc1csc(C(=O)O)c1. The second kappa shape index (κ2) is 6.30. The molecule has 2 amide bonds. The number of hydrazine groups is 1. The molecule has 6 nitrogen and oxygen atoms in total. The van der Waals surface area contributed by atoms with E-state index in [4.69, 9.17) is 5.11 Å². The number of nitrogens with one attached hydrogen (secondary N) is 1. The van der Waals surface area contributed by atoms with Gasteiger partial charge in [-0.05, 0) is 41.3 Å². The van der Waals surface area contributed by atoms with Gasteiger partial charge in [-0.25, -0.2) is 9.80 Å². The summed E-state index contributed by atoms with van der Waals surface area (Å²) in [7, 11) is 0. The number of nitrogens with zero attached hydrogens (tertiary/aromatic N) is 1. The van der Waals surface area contributed by atoms with Gasteiger partial charge < -0.3 is 5.11 Å². The summed E-state index contributed by atoms with van der Waals surface area (Å²) in [5.74, 6) is -2.78. The van der Waals surface area contributed by atoms with Crippen LogP contribution >= 0.6 is 11.3 Å². The topological polar surface area (TPSA) is 86.7 Å². The number of amides is 2. The molecule has 1 aromatic carbocycles. The lowest BCUT2D eigenvalue weighted by Crippen LogP contribution is -2.35. The van der Waals surface area contributed by atoms with Gasteiger partial charge in [0.1, 0.15) is 10.5 Å². The van der Waals surface area contributed by atoms with Crippen molar-refractivity contribution in [1.29, 1.82) is 0 Å². The summed E-state index contributed by atoms with van der Waals surface area (Å²) < 4.78 is 38.4. The summed E-state index contributed by atoms with van der Waals surface area (Å²) in [6, 6.07) is 5.25. The third-order valence-electron chi connectivity index (χ3n) is 3.46. The third kappa shape index (κ3) is 3.31. The molecule has 0 atom stereocenters. The highest BCUT2D eigenvalue weighted by Crippen LogP contribution is 2.32. The molecule has 1 saturated heterocycles. The number of alkyl halides is 3. The Morgan fingerprint density at radius 2 is 1.96 bits per heavy atom. The molecule has 3 rings (SSSR count). The number of benzene rings is 1. The lowest BCUT2D eigenvalue weighted by Gasteiger charge is -2.16. The maximum absolute atomic E-state index is 12.8. The summed E-state index contributed by atoms with van der Waals surface area (Å²) in [4.78, 5) is 35.3. The fraction of sp³-hybridized carbons (Fsp3) is 0.0625. The maximum atomic E-state index is 12.8. The smallest absolute Gasteiger partial charge is 0.416 e. The Bertz CT molecular complexity index is 949.